The maximum Gasteiger partial charge on any atom is 0.123 e. The van der Waals surface area contributed by atoms with E-state index in [0.717, 1.165) is 16.9 Å². The minimum Gasteiger partial charge on any atom is -0.489 e. The fourth-order valence-electron chi connectivity index (χ4n) is 1.45. The first-order valence-corrected chi connectivity index (χ1v) is 5.18. The second kappa shape index (κ2) is 4.79. The molecule has 0 saturated heterocycles. The van der Waals surface area contributed by atoms with Crippen LogP contribution in [0, 0.1) is 12.7 Å². The molecular formula is C14H13FO. The summed E-state index contributed by atoms with van der Waals surface area (Å²) in [6.07, 6.45) is 0. The molecule has 0 aliphatic carbocycles. The molecule has 0 aliphatic heterocycles. The Hall–Kier alpha value is -1.83. The Morgan fingerprint density at radius 2 is 1.81 bits per heavy atom. The normalized spacial score (nSPS) is 10.1. The van der Waals surface area contributed by atoms with Gasteiger partial charge in [-0.2, -0.15) is 0 Å². The lowest BCUT2D eigenvalue weighted by Gasteiger charge is -2.06. The van der Waals surface area contributed by atoms with Crippen LogP contribution in [0.1, 0.15) is 11.1 Å². The van der Waals surface area contributed by atoms with Crippen molar-refractivity contribution >= 4 is 0 Å². The van der Waals surface area contributed by atoms with Crippen molar-refractivity contribution in [3.8, 4) is 5.75 Å². The van der Waals surface area contributed by atoms with Crippen LogP contribution in [0.5, 0.6) is 5.75 Å². The number of rotatable bonds is 3. The van der Waals surface area contributed by atoms with E-state index in [4.69, 9.17) is 4.74 Å². The molecule has 0 saturated carbocycles. The van der Waals surface area contributed by atoms with Gasteiger partial charge in [0.1, 0.15) is 18.2 Å². The van der Waals surface area contributed by atoms with E-state index in [0.29, 0.717) is 6.61 Å². The van der Waals surface area contributed by atoms with E-state index in [-0.39, 0.29) is 5.82 Å². The van der Waals surface area contributed by atoms with E-state index in [1.807, 2.05) is 31.2 Å². The van der Waals surface area contributed by atoms with Gasteiger partial charge in [-0.25, -0.2) is 4.39 Å². The van der Waals surface area contributed by atoms with Gasteiger partial charge < -0.3 is 4.74 Å². The molecule has 0 amide bonds. The van der Waals surface area contributed by atoms with Crippen LogP contribution in [0.4, 0.5) is 4.39 Å². The zero-order valence-electron chi connectivity index (χ0n) is 9.11. The topological polar surface area (TPSA) is 9.23 Å². The molecule has 0 radical (unpaired) electrons. The second-order valence-corrected chi connectivity index (χ2v) is 3.73. The van der Waals surface area contributed by atoms with E-state index >= 15 is 0 Å². The lowest BCUT2D eigenvalue weighted by atomic mass is 10.2. The van der Waals surface area contributed by atoms with Gasteiger partial charge in [0.2, 0.25) is 0 Å². The summed E-state index contributed by atoms with van der Waals surface area (Å²) in [6, 6.07) is 14.2. The molecule has 0 spiro atoms. The second-order valence-electron chi connectivity index (χ2n) is 3.73. The standard InChI is InChI=1S/C14H13FO/c1-11-3-2-4-14(9-11)16-10-12-5-7-13(15)8-6-12/h2-9H,10H2,1H3. The maximum absolute atomic E-state index is 12.7. The molecule has 2 rings (SSSR count). The lowest BCUT2D eigenvalue weighted by Crippen LogP contribution is -1.95. The molecule has 2 heteroatoms. The van der Waals surface area contributed by atoms with Crippen LogP contribution in [-0.2, 0) is 6.61 Å². The molecule has 1 nitrogen and oxygen atoms in total. The summed E-state index contributed by atoms with van der Waals surface area (Å²) in [5, 5.41) is 0. The molecule has 0 N–H and O–H groups in total. The van der Waals surface area contributed by atoms with Gasteiger partial charge in [-0.3, -0.25) is 0 Å². The van der Waals surface area contributed by atoms with Crippen molar-refractivity contribution in [1.82, 2.24) is 0 Å². The van der Waals surface area contributed by atoms with Crippen LogP contribution in [0.25, 0.3) is 0 Å². The highest BCUT2D eigenvalue weighted by atomic mass is 19.1. The zero-order chi connectivity index (χ0) is 11.4. The Kier molecular flexibility index (Phi) is 3.20. The first-order chi connectivity index (χ1) is 7.74. The van der Waals surface area contributed by atoms with Crippen LogP contribution in [-0.4, -0.2) is 0 Å². The van der Waals surface area contributed by atoms with Gasteiger partial charge in [0, 0.05) is 0 Å². The molecular weight excluding hydrogens is 203 g/mol. The van der Waals surface area contributed by atoms with Crippen LogP contribution in [0.3, 0.4) is 0 Å². The summed E-state index contributed by atoms with van der Waals surface area (Å²) in [5.41, 5.74) is 2.12. The van der Waals surface area contributed by atoms with Crippen molar-refractivity contribution in [1.29, 1.82) is 0 Å². The molecule has 0 aliphatic rings. The van der Waals surface area contributed by atoms with Crippen molar-refractivity contribution in [2.24, 2.45) is 0 Å². The molecule has 2 aromatic rings. The monoisotopic (exact) mass is 216 g/mol. The van der Waals surface area contributed by atoms with E-state index < -0.39 is 0 Å². The largest absolute Gasteiger partial charge is 0.489 e. The average molecular weight is 216 g/mol. The van der Waals surface area contributed by atoms with Gasteiger partial charge >= 0.3 is 0 Å². The Balaban J connectivity index is 1.99. The summed E-state index contributed by atoms with van der Waals surface area (Å²) >= 11 is 0. The molecule has 0 fully saturated rings. The van der Waals surface area contributed by atoms with Crippen LogP contribution in [0.15, 0.2) is 48.5 Å². The summed E-state index contributed by atoms with van der Waals surface area (Å²) in [7, 11) is 0. The molecule has 2 aromatic carbocycles. The first-order valence-electron chi connectivity index (χ1n) is 5.18. The quantitative estimate of drug-likeness (QED) is 0.759. The smallest absolute Gasteiger partial charge is 0.123 e. The van der Waals surface area contributed by atoms with E-state index in [1.54, 1.807) is 12.1 Å². The highest BCUT2D eigenvalue weighted by Gasteiger charge is 1.96. The molecule has 16 heavy (non-hydrogen) atoms. The summed E-state index contributed by atoms with van der Waals surface area (Å²) in [5.74, 6) is 0.614. The molecule has 0 bridgehead atoms. The van der Waals surface area contributed by atoms with Gasteiger partial charge in [-0.05, 0) is 42.3 Å². The maximum atomic E-state index is 12.7. The third-order valence-corrected chi connectivity index (χ3v) is 2.31. The Labute approximate surface area is 94.5 Å². The third kappa shape index (κ3) is 2.83. The lowest BCUT2D eigenvalue weighted by molar-refractivity contribution is 0.306. The van der Waals surface area contributed by atoms with Crippen LogP contribution >= 0.6 is 0 Å². The fourth-order valence-corrected chi connectivity index (χ4v) is 1.45. The van der Waals surface area contributed by atoms with Gasteiger partial charge in [0.05, 0.1) is 0 Å². The van der Waals surface area contributed by atoms with Gasteiger partial charge in [-0.1, -0.05) is 24.3 Å². The predicted molar refractivity (Wildman–Crippen MR) is 61.9 cm³/mol. The minimum atomic E-state index is -0.223. The number of ether oxygens (including phenoxy) is 1. The first kappa shape index (κ1) is 10.7. The van der Waals surface area contributed by atoms with Crippen LogP contribution < -0.4 is 4.74 Å². The Morgan fingerprint density at radius 1 is 1.06 bits per heavy atom. The fraction of sp³-hybridized carbons (Fsp3) is 0.143. The zero-order valence-corrected chi connectivity index (χ0v) is 9.11. The van der Waals surface area contributed by atoms with Gasteiger partial charge in [0.15, 0.2) is 0 Å². The van der Waals surface area contributed by atoms with Gasteiger partial charge in [-0.15, -0.1) is 0 Å². The number of hydrogen-bond acceptors (Lipinski definition) is 1. The number of hydrogen-bond donors (Lipinski definition) is 0. The van der Waals surface area contributed by atoms with Crippen molar-refractivity contribution in [2.45, 2.75) is 13.5 Å². The molecule has 82 valence electrons. The SMILES string of the molecule is Cc1cccc(OCc2ccc(F)cc2)c1. The predicted octanol–water partition coefficient (Wildman–Crippen LogP) is 3.71. The van der Waals surface area contributed by atoms with E-state index in [1.165, 1.54) is 12.1 Å². The van der Waals surface area contributed by atoms with E-state index in [9.17, 15) is 4.39 Å². The Morgan fingerprint density at radius 3 is 2.50 bits per heavy atom. The number of aryl methyl sites for hydroxylation is 1. The third-order valence-electron chi connectivity index (χ3n) is 2.31. The molecule has 0 heterocycles. The molecule has 0 aromatic heterocycles. The van der Waals surface area contributed by atoms with Gasteiger partial charge in [0.25, 0.3) is 0 Å². The summed E-state index contributed by atoms with van der Waals surface area (Å²) < 4.78 is 18.3. The highest BCUT2D eigenvalue weighted by molar-refractivity contribution is 5.28. The molecule has 0 unspecified atom stereocenters. The van der Waals surface area contributed by atoms with E-state index in [2.05, 4.69) is 0 Å². The van der Waals surface area contributed by atoms with Crippen molar-refractivity contribution in [2.75, 3.05) is 0 Å². The van der Waals surface area contributed by atoms with Crippen molar-refractivity contribution in [3.05, 3.63) is 65.5 Å². The minimum absolute atomic E-state index is 0.223. The van der Waals surface area contributed by atoms with Crippen molar-refractivity contribution < 1.29 is 9.13 Å². The molecule has 0 atom stereocenters. The Bertz CT molecular complexity index is 462. The highest BCUT2D eigenvalue weighted by Crippen LogP contribution is 2.14. The number of halogens is 1. The van der Waals surface area contributed by atoms with Crippen LogP contribution in [0.2, 0.25) is 0 Å². The summed E-state index contributed by atoms with van der Waals surface area (Å²) in [4.78, 5) is 0. The average Bonchev–Trinajstić information content (AvgIpc) is 2.28. The summed E-state index contributed by atoms with van der Waals surface area (Å²) in [6.45, 7) is 2.48. The number of benzene rings is 2. The van der Waals surface area contributed by atoms with Crippen molar-refractivity contribution in [3.63, 3.8) is 0 Å².